The van der Waals surface area contributed by atoms with Gasteiger partial charge in [0.05, 0.1) is 12.0 Å². The van der Waals surface area contributed by atoms with Crippen molar-refractivity contribution in [3.8, 4) is 6.07 Å². The maximum Gasteiger partial charge on any atom is 0.392 e. The van der Waals surface area contributed by atoms with E-state index in [0.29, 0.717) is 0 Å². The van der Waals surface area contributed by atoms with Gasteiger partial charge in [-0.15, -0.1) is 0 Å². The molecule has 1 atom stereocenters. The summed E-state index contributed by atoms with van der Waals surface area (Å²) in [5, 5.41) is 8.77. The van der Waals surface area contributed by atoms with Crippen molar-refractivity contribution in [3.05, 3.63) is 10.6 Å². The Balaban J connectivity index is 2.78. The molecule has 0 radical (unpaired) electrons. The van der Waals surface area contributed by atoms with E-state index in [-0.39, 0.29) is 29.9 Å². The van der Waals surface area contributed by atoms with E-state index >= 15 is 0 Å². The summed E-state index contributed by atoms with van der Waals surface area (Å²) < 4.78 is 36.6. The van der Waals surface area contributed by atoms with Crippen LogP contribution in [-0.4, -0.2) is 6.18 Å². The molecule has 0 saturated heterocycles. The zero-order valence-corrected chi connectivity index (χ0v) is 7.41. The van der Waals surface area contributed by atoms with Crippen LogP contribution in [0.3, 0.4) is 0 Å². The lowest BCUT2D eigenvalue weighted by molar-refractivity contribution is -0.176. The predicted molar refractivity (Wildman–Crippen MR) is 41.9 cm³/mol. The molecule has 13 heavy (non-hydrogen) atoms. The summed E-state index contributed by atoms with van der Waals surface area (Å²) in [7, 11) is 0. The molecule has 0 aromatic carbocycles. The number of nitriles is 1. The van der Waals surface area contributed by atoms with Crippen LogP contribution < -0.4 is 0 Å². The van der Waals surface area contributed by atoms with Gasteiger partial charge in [-0.1, -0.05) is 11.6 Å². The zero-order chi connectivity index (χ0) is 10.1. The second-order valence-electron chi connectivity index (χ2n) is 2.98. The molecular formula is C8H7ClF3N. The number of alkyl halides is 3. The van der Waals surface area contributed by atoms with Gasteiger partial charge in [-0.05, 0) is 19.3 Å². The van der Waals surface area contributed by atoms with Crippen LogP contribution in [0, 0.1) is 17.2 Å². The quantitative estimate of drug-likeness (QED) is 0.600. The topological polar surface area (TPSA) is 23.8 Å². The fraction of sp³-hybridized carbons (Fsp3) is 0.625. The van der Waals surface area contributed by atoms with Gasteiger partial charge in [0.15, 0.2) is 0 Å². The number of hydrogen-bond donors (Lipinski definition) is 0. The van der Waals surface area contributed by atoms with E-state index in [2.05, 4.69) is 0 Å². The van der Waals surface area contributed by atoms with E-state index < -0.39 is 12.1 Å². The lowest BCUT2D eigenvalue weighted by Gasteiger charge is -2.23. The van der Waals surface area contributed by atoms with E-state index in [1.807, 2.05) is 0 Å². The van der Waals surface area contributed by atoms with Crippen LogP contribution in [0.15, 0.2) is 10.6 Å². The van der Waals surface area contributed by atoms with E-state index in [0.717, 1.165) is 0 Å². The average molecular weight is 210 g/mol. The van der Waals surface area contributed by atoms with Crippen LogP contribution in [0.4, 0.5) is 13.2 Å². The van der Waals surface area contributed by atoms with Crippen molar-refractivity contribution in [3.63, 3.8) is 0 Å². The third-order valence-electron chi connectivity index (χ3n) is 2.09. The third-order valence-corrected chi connectivity index (χ3v) is 2.51. The number of hydrogen-bond acceptors (Lipinski definition) is 1. The van der Waals surface area contributed by atoms with Crippen LogP contribution in [0.1, 0.15) is 19.3 Å². The van der Waals surface area contributed by atoms with Crippen LogP contribution in [-0.2, 0) is 0 Å². The second kappa shape index (κ2) is 3.59. The van der Waals surface area contributed by atoms with Gasteiger partial charge in [0.1, 0.15) is 0 Å². The molecule has 0 fully saturated rings. The van der Waals surface area contributed by atoms with Crippen molar-refractivity contribution in [2.45, 2.75) is 25.4 Å². The monoisotopic (exact) mass is 209 g/mol. The first kappa shape index (κ1) is 10.4. The smallest absolute Gasteiger partial charge is 0.193 e. The number of nitrogens with zero attached hydrogens (tertiary/aromatic N) is 1. The Hall–Kier alpha value is -0.690. The summed E-state index contributed by atoms with van der Waals surface area (Å²) in [5.41, 5.74) is 0.0789. The number of halogens is 4. The maximum absolute atomic E-state index is 12.2. The van der Waals surface area contributed by atoms with Gasteiger partial charge in [-0.3, -0.25) is 0 Å². The highest BCUT2D eigenvalue weighted by molar-refractivity contribution is 6.30. The SMILES string of the molecule is N#CC1=C(Cl)CCC(C(F)(F)F)C1. The summed E-state index contributed by atoms with van der Waals surface area (Å²) in [5.74, 6) is -1.40. The lowest BCUT2D eigenvalue weighted by Crippen LogP contribution is -2.25. The first-order valence-electron chi connectivity index (χ1n) is 3.79. The lowest BCUT2D eigenvalue weighted by atomic mass is 9.89. The molecule has 1 unspecified atom stereocenters. The van der Waals surface area contributed by atoms with Crippen molar-refractivity contribution < 1.29 is 13.2 Å². The molecule has 0 N–H and O–H groups in total. The van der Waals surface area contributed by atoms with Crippen LogP contribution in [0.25, 0.3) is 0 Å². The fourth-order valence-corrected chi connectivity index (χ4v) is 1.53. The molecule has 0 saturated carbocycles. The van der Waals surface area contributed by atoms with E-state index in [1.54, 1.807) is 6.07 Å². The van der Waals surface area contributed by atoms with E-state index in [9.17, 15) is 13.2 Å². The van der Waals surface area contributed by atoms with Crippen LogP contribution in [0.5, 0.6) is 0 Å². The summed E-state index contributed by atoms with van der Waals surface area (Å²) in [6.45, 7) is 0. The molecule has 5 heteroatoms. The van der Waals surface area contributed by atoms with Gasteiger partial charge >= 0.3 is 6.18 Å². The van der Waals surface area contributed by atoms with Crippen molar-refractivity contribution in [1.82, 2.24) is 0 Å². The molecule has 0 aromatic heterocycles. The Morgan fingerprint density at radius 1 is 1.46 bits per heavy atom. The molecule has 0 bridgehead atoms. The largest absolute Gasteiger partial charge is 0.392 e. The predicted octanol–water partition coefficient (Wildman–Crippen LogP) is 3.37. The van der Waals surface area contributed by atoms with Gasteiger partial charge in [0.2, 0.25) is 0 Å². The summed E-state index contributed by atoms with van der Waals surface area (Å²) in [6.07, 6.45) is -4.32. The highest BCUT2D eigenvalue weighted by Gasteiger charge is 2.41. The standard InChI is InChI=1S/C8H7ClF3N/c9-7-2-1-6(8(10,11)12)3-5(7)4-13/h6H,1-3H2. The molecule has 1 rings (SSSR count). The molecule has 72 valence electrons. The molecular weight excluding hydrogens is 203 g/mol. The molecule has 1 aliphatic rings. The highest BCUT2D eigenvalue weighted by Crippen LogP contribution is 2.40. The minimum atomic E-state index is -4.21. The number of rotatable bonds is 0. The molecule has 0 spiro atoms. The normalized spacial score (nSPS) is 24.4. The second-order valence-corrected chi connectivity index (χ2v) is 3.43. The van der Waals surface area contributed by atoms with Gasteiger partial charge < -0.3 is 0 Å². The van der Waals surface area contributed by atoms with Gasteiger partial charge in [-0.2, -0.15) is 18.4 Å². The van der Waals surface area contributed by atoms with Crippen molar-refractivity contribution >= 4 is 11.6 Å². The van der Waals surface area contributed by atoms with Crippen molar-refractivity contribution in [2.24, 2.45) is 5.92 Å². The molecule has 0 amide bonds. The van der Waals surface area contributed by atoms with Gasteiger partial charge in [0, 0.05) is 10.6 Å². The summed E-state index contributed by atoms with van der Waals surface area (Å²) >= 11 is 5.59. The molecule has 1 nitrogen and oxygen atoms in total. The van der Waals surface area contributed by atoms with Crippen LogP contribution >= 0.6 is 11.6 Å². The Labute approximate surface area is 78.8 Å². The Morgan fingerprint density at radius 2 is 2.08 bits per heavy atom. The maximum atomic E-state index is 12.2. The summed E-state index contributed by atoms with van der Waals surface area (Å²) in [6, 6.07) is 1.70. The Bertz CT molecular complexity index is 274. The average Bonchev–Trinajstić information content (AvgIpc) is 2.03. The number of allylic oxidation sites excluding steroid dienone is 2. The van der Waals surface area contributed by atoms with Crippen molar-refractivity contribution in [2.75, 3.05) is 0 Å². The Kier molecular flexibility index (Phi) is 2.87. The Morgan fingerprint density at radius 3 is 2.54 bits per heavy atom. The first-order chi connectivity index (χ1) is 5.95. The molecule has 1 aliphatic carbocycles. The van der Waals surface area contributed by atoms with Crippen molar-refractivity contribution in [1.29, 1.82) is 5.26 Å². The zero-order valence-electron chi connectivity index (χ0n) is 6.66. The minimum Gasteiger partial charge on any atom is -0.193 e. The summed E-state index contributed by atoms with van der Waals surface area (Å²) in [4.78, 5) is 0. The molecule has 0 aliphatic heterocycles. The highest BCUT2D eigenvalue weighted by atomic mass is 35.5. The minimum absolute atomic E-state index is 0.00644. The molecule has 0 heterocycles. The third kappa shape index (κ3) is 2.38. The van der Waals surface area contributed by atoms with Crippen LogP contribution in [0.2, 0.25) is 0 Å². The van der Waals surface area contributed by atoms with E-state index in [4.69, 9.17) is 16.9 Å². The van der Waals surface area contributed by atoms with E-state index in [1.165, 1.54) is 0 Å². The molecule has 0 aromatic rings. The fourth-order valence-electron chi connectivity index (χ4n) is 1.30. The van der Waals surface area contributed by atoms with Gasteiger partial charge in [-0.25, -0.2) is 0 Å². The van der Waals surface area contributed by atoms with Gasteiger partial charge in [0.25, 0.3) is 0 Å². The first-order valence-corrected chi connectivity index (χ1v) is 4.17.